The number of halogens is 1. The van der Waals surface area contributed by atoms with Gasteiger partial charge in [0.05, 0.1) is 12.8 Å². The van der Waals surface area contributed by atoms with Crippen LogP contribution in [0.15, 0.2) is 42.6 Å². The van der Waals surface area contributed by atoms with E-state index in [4.69, 9.17) is 4.74 Å². The summed E-state index contributed by atoms with van der Waals surface area (Å²) in [6.07, 6.45) is 1.76. The molecule has 30 heavy (non-hydrogen) atoms. The highest BCUT2D eigenvalue weighted by atomic mass is 19.1. The third-order valence-electron chi connectivity index (χ3n) is 5.77. The minimum atomic E-state index is -0.862. The van der Waals surface area contributed by atoms with Gasteiger partial charge in [0.2, 0.25) is 5.91 Å². The average molecular weight is 412 g/mol. The fourth-order valence-electron chi connectivity index (χ4n) is 4.19. The van der Waals surface area contributed by atoms with Crippen LogP contribution in [0.5, 0.6) is 0 Å². The molecule has 0 radical (unpaired) electrons. The number of amides is 2. The Balaban J connectivity index is 1.50. The number of hydrogen-bond acceptors (Lipinski definition) is 5. The molecule has 0 unspecified atom stereocenters. The highest BCUT2D eigenvalue weighted by molar-refractivity contribution is 5.88. The highest BCUT2D eigenvalue weighted by Gasteiger charge is 2.39. The number of aromatic nitrogens is 1. The summed E-state index contributed by atoms with van der Waals surface area (Å²) in [5.41, 5.74) is 2.43. The van der Waals surface area contributed by atoms with Crippen molar-refractivity contribution >= 4 is 12.0 Å². The molecule has 2 aliphatic heterocycles. The average Bonchev–Trinajstić information content (AvgIpc) is 2.78. The molecule has 1 saturated heterocycles. The van der Waals surface area contributed by atoms with E-state index in [0.717, 1.165) is 17.8 Å². The number of piperazine rings is 1. The minimum absolute atomic E-state index is 0.190. The number of methoxy groups -OCH3 is 1. The SMILES string of the molecule is COC(=O)N1CCc2ccc(F)cc2[C@H]1C(=O)N1CCN(Cc2ccccn2)CC1. The lowest BCUT2D eigenvalue weighted by Crippen LogP contribution is -2.54. The molecule has 1 aromatic carbocycles. The van der Waals surface area contributed by atoms with Crippen LogP contribution in [-0.4, -0.2) is 71.5 Å². The van der Waals surface area contributed by atoms with Crippen molar-refractivity contribution in [2.24, 2.45) is 0 Å². The molecule has 0 saturated carbocycles. The van der Waals surface area contributed by atoms with E-state index in [-0.39, 0.29) is 5.91 Å². The second kappa shape index (κ2) is 8.79. The van der Waals surface area contributed by atoms with Crippen molar-refractivity contribution in [2.75, 3.05) is 39.8 Å². The number of carbonyl (C=O) groups excluding carboxylic acids is 2. The topological polar surface area (TPSA) is 66.0 Å². The lowest BCUT2D eigenvalue weighted by molar-refractivity contribution is -0.139. The summed E-state index contributed by atoms with van der Waals surface area (Å²) < 4.78 is 18.9. The van der Waals surface area contributed by atoms with E-state index in [1.165, 1.54) is 24.1 Å². The summed E-state index contributed by atoms with van der Waals surface area (Å²) in [5.74, 6) is -0.608. The molecule has 0 spiro atoms. The molecule has 2 amide bonds. The number of benzene rings is 1. The Kier molecular flexibility index (Phi) is 5.94. The Morgan fingerprint density at radius 1 is 1.13 bits per heavy atom. The fraction of sp³-hybridized carbons (Fsp3) is 0.409. The van der Waals surface area contributed by atoms with Crippen LogP contribution >= 0.6 is 0 Å². The lowest BCUT2D eigenvalue weighted by atomic mass is 9.91. The first-order valence-electron chi connectivity index (χ1n) is 10.1. The van der Waals surface area contributed by atoms with Gasteiger partial charge in [-0.15, -0.1) is 0 Å². The molecule has 4 rings (SSSR count). The number of nitrogens with zero attached hydrogens (tertiary/aromatic N) is 4. The molecule has 0 N–H and O–H groups in total. The maximum atomic E-state index is 14.0. The summed E-state index contributed by atoms with van der Waals surface area (Å²) >= 11 is 0. The first-order valence-corrected chi connectivity index (χ1v) is 10.1. The van der Waals surface area contributed by atoms with Gasteiger partial charge >= 0.3 is 6.09 Å². The summed E-state index contributed by atoms with van der Waals surface area (Å²) in [7, 11) is 1.29. The van der Waals surface area contributed by atoms with Gasteiger partial charge in [-0.2, -0.15) is 0 Å². The Morgan fingerprint density at radius 3 is 2.63 bits per heavy atom. The van der Waals surface area contributed by atoms with E-state index >= 15 is 0 Å². The Morgan fingerprint density at radius 2 is 1.93 bits per heavy atom. The van der Waals surface area contributed by atoms with E-state index < -0.39 is 18.0 Å². The largest absolute Gasteiger partial charge is 0.453 e. The minimum Gasteiger partial charge on any atom is -0.453 e. The molecule has 3 heterocycles. The van der Waals surface area contributed by atoms with E-state index in [1.807, 2.05) is 18.2 Å². The predicted molar refractivity (Wildman–Crippen MR) is 108 cm³/mol. The number of ether oxygens (including phenoxy) is 1. The Bertz CT molecular complexity index is 916. The normalized spacial score (nSPS) is 19.3. The van der Waals surface area contributed by atoms with Crippen LogP contribution in [0.3, 0.4) is 0 Å². The summed E-state index contributed by atoms with van der Waals surface area (Å²) in [5, 5.41) is 0. The molecule has 0 bridgehead atoms. The number of carbonyl (C=O) groups is 2. The number of fused-ring (bicyclic) bond motifs is 1. The van der Waals surface area contributed by atoms with Crippen molar-refractivity contribution in [2.45, 2.75) is 19.0 Å². The molecule has 7 nitrogen and oxygen atoms in total. The number of pyridine rings is 1. The molecule has 1 aromatic heterocycles. The molecule has 1 atom stereocenters. The second-order valence-corrected chi connectivity index (χ2v) is 7.58. The van der Waals surface area contributed by atoms with Crippen molar-refractivity contribution in [1.82, 2.24) is 19.7 Å². The Labute approximate surface area is 175 Å². The van der Waals surface area contributed by atoms with Crippen LogP contribution in [0, 0.1) is 5.82 Å². The van der Waals surface area contributed by atoms with Gasteiger partial charge in [-0.3, -0.25) is 19.6 Å². The van der Waals surface area contributed by atoms with Gasteiger partial charge in [0.25, 0.3) is 0 Å². The van der Waals surface area contributed by atoms with Crippen molar-refractivity contribution in [1.29, 1.82) is 0 Å². The maximum absolute atomic E-state index is 14.0. The Hall–Kier alpha value is -3.00. The zero-order chi connectivity index (χ0) is 21.1. The van der Waals surface area contributed by atoms with Crippen molar-refractivity contribution in [3.8, 4) is 0 Å². The molecule has 1 fully saturated rings. The quantitative estimate of drug-likeness (QED) is 0.774. The van der Waals surface area contributed by atoms with E-state index in [0.29, 0.717) is 44.7 Å². The third kappa shape index (κ3) is 4.14. The van der Waals surface area contributed by atoms with Crippen molar-refractivity contribution in [3.63, 3.8) is 0 Å². The van der Waals surface area contributed by atoms with Gasteiger partial charge in [-0.05, 0) is 41.8 Å². The maximum Gasteiger partial charge on any atom is 0.410 e. The molecular formula is C22H25FN4O3. The first kappa shape index (κ1) is 20.3. The number of hydrogen-bond donors (Lipinski definition) is 0. The van der Waals surface area contributed by atoms with Gasteiger partial charge in [-0.1, -0.05) is 12.1 Å². The fourth-order valence-corrected chi connectivity index (χ4v) is 4.19. The van der Waals surface area contributed by atoms with Crippen LogP contribution < -0.4 is 0 Å². The predicted octanol–water partition coefficient (Wildman–Crippen LogP) is 2.23. The van der Waals surface area contributed by atoms with Gasteiger partial charge < -0.3 is 9.64 Å². The highest BCUT2D eigenvalue weighted by Crippen LogP contribution is 2.32. The smallest absolute Gasteiger partial charge is 0.410 e. The standard InChI is InChI=1S/C22H25FN4O3/c1-30-22(29)27-9-7-16-5-6-17(23)14-19(16)20(27)21(28)26-12-10-25(11-13-26)15-18-4-2-3-8-24-18/h2-6,8,14,20H,7,9-13,15H2,1H3/t20-/m0/s1. The van der Waals surface area contributed by atoms with Crippen LogP contribution in [0.2, 0.25) is 0 Å². The summed E-state index contributed by atoms with van der Waals surface area (Å²) in [4.78, 5) is 35.6. The summed E-state index contributed by atoms with van der Waals surface area (Å²) in [6, 6.07) is 9.43. The monoisotopic (exact) mass is 412 g/mol. The van der Waals surface area contributed by atoms with Crippen LogP contribution in [0.25, 0.3) is 0 Å². The zero-order valence-electron chi connectivity index (χ0n) is 17.0. The first-order chi connectivity index (χ1) is 14.6. The lowest BCUT2D eigenvalue weighted by Gasteiger charge is -2.41. The van der Waals surface area contributed by atoms with Crippen molar-refractivity contribution in [3.05, 3.63) is 65.2 Å². The number of rotatable bonds is 3. The third-order valence-corrected chi connectivity index (χ3v) is 5.77. The van der Waals surface area contributed by atoms with Gasteiger partial charge in [0.15, 0.2) is 0 Å². The van der Waals surface area contributed by atoms with Crippen LogP contribution in [0.4, 0.5) is 9.18 Å². The molecule has 158 valence electrons. The molecule has 2 aromatic rings. The second-order valence-electron chi connectivity index (χ2n) is 7.58. The molecule has 2 aliphatic rings. The van der Waals surface area contributed by atoms with Gasteiger partial charge in [-0.25, -0.2) is 9.18 Å². The zero-order valence-corrected chi connectivity index (χ0v) is 17.0. The molecular weight excluding hydrogens is 387 g/mol. The van der Waals surface area contributed by atoms with Gasteiger partial charge in [0.1, 0.15) is 11.9 Å². The van der Waals surface area contributed by atoms with Crippen molar-refractivity contribution < 1.29 is 18.7 Å². The van der Waals surface area contributed by atoms with Gasteiger partial charge in [0, 0.05) is 45.5 Å². The molecule has 0 aliphatic carbocycles. The summed E-state index contributed by atoms with van der Waals surface area (Å²) in [6.45, 7) is 3.60. The van der Waals surface area contributed by atoms with E-state index in [9.17, 15) is 14.0 Å². The van der Waals surface area contributed by atoms with E-state index in [2.05, 4.69) is 9.88 Å². The van der Waals surface area contributed by atoms with Crippen LogP contribution in [-0.2, 0) is 22.5 Å². The molecule has 8 heteroatoms. The van der Waals surface area contributed by atoms with E-state index in [1.54, 1.807) is 17.2 Å². The van der Waals surface area contributed by atoms with Crippen LogP contribution in [0.1, 0.15) is 22.9 Å².